The molecule has 0 fully saturated rings. The Morgan fingerprint density at radius 2 is 2.05 bits per heavy atom. The third-order valence-corrected chi connectivity index (χ3v) is 3.00. The predicted octanol–water partition coefficient (Wildman–Crippen LogP) is 3.63. The van der Waals surface area contributed by atoms with Crippen molar-refractivity contribution >= 4 is 6.09 Å². The number of aromatic nitrogens is 2. The Balaban J connectivity index is 2.04. The number of pyridine rings is 1. The van der Waals surface area contributed by atoms with Crippen LogP contribution in [0.4, 0.5) is 4.79 Å². The summed E-state index contributed by atoms with van der Waals surface area (Å²) in [6, 6.07) is 3.54. The van der Waals surface area contributed by atoms with Crippen molar-refractivity contribution in [3.05, 3.63) is 36.0 Å². The zero-order chi connectivity index (χ0) is 16.3. The van der Waals surface area contributed by atoms with Gasteiger partial charge in [0.2, 0.25) is 0 Å². The Labute approximate surface area is 129 Å². The van der Waals surface area contributed by atoms with Gasteiger partial charge in [0.15, 0.2) is 12.2 Å². The highest BCUT2D eigenvalue weighted by Crippen LogP contribution is 2.22. The molecular formula is C16H21N3O3. The molecule has 0 saturated heterocycles. The quantitative estimate of drug-likeness (QED) is 0.936. The minimum atomic E-state index is -0.518. The van der Waals surface area contributed by atoms with Crippen LogP contribution in [0.15, 0.2) is 29.1 Å². The van der Waals surface area contributed by atoms with Crippen LogP contribution in [-0.2, 0) is 4.74 Å². The summed E-state index contributed by atoms with van der Waals surface area (Å²) >= 11 is 0. The van der Waals surface area contributed by atoms with Gasteiger partial charge >= 0.3 is 6.09 Å². The number of carbonyl (C=O) groups excluding carboxylic acids is 1. The van der Waals surface area contributed by atoms with Gasteiger partial charge in [0.1, 0.15) is 11.3 Å². The maximum Gasteiger partial charge on any atom is 0.408 e. The Bertz CT molecular complexity index is 641. The smallest absolute Gasteiger partial charge is 0.408 e. The highest BCUT2D eigenvalue weighted by molar-refractivity contribution is 5.68. The van der Waals surface area contributed by atoms with Crippen LogP contribution in [0.1, 0.15) is 45.0 Å². The number of nitrogens with one attached hydrogen (secondary N) is 1. The van der Waals surface area contributed by atoms with Crippen LogP contribution in [-0.4, -0.2) is 21.7 Å². The molecule has 2 aromatic heterocycles. The van der Waals surface area contributed by atoms with E-state index in [0.717, 1.165) is 11.3 Å². The number of carbonyl (C=O) groups is 1. The molecule has 22 heavy (non-hydrogen) atoms. The number of rotatable bonds is 3. The Morgan fingerprint density at radius 3 is 2.55 bits per heavy atom. The number of ether oxygens (including phenoxy) is 1. The van der Waals surface area contributed by atoms with Crippen LogP contribution >= 0.6 is 0 Å². The van der Waals surface area contributed by atoms with Gasteiger partial charge < -0.3 is 14.5 Å². The van der Waals surface area contributed by atoms with E-state index in [9.17, 15) is 4.79 Å². The van der Waals surface area contributed by atoms with Gasteiger partial charge in [-0.25, -0.2) is 9.78 Å². The van der Waals surface area contributed by atoms with Crippen LogP contribution in [0.25, 0.3) is 11.5 Å². The summed E-state index contributed by atoms with van der Waals surface area (Å²) in [5.74, 6) is 0.652. The number of oxazole rings is 1. The van der Waals surface area contributed by atoms with Crippen molar-refractivity contribution in [1.82, 2.24) is 15.3 Å². The molecule has 0 aliphatic heterocycles. The van der Waals surface area contributed by atoms with Crippen molar-refractivity contribution in [3.63, 3.8) is 0 Å². The lowest BCUT2D eigenvalue weighted by molar-refractivity contribution is 0.0508. The molecule has 1 amide bonds. The Kier molecular flexibility index (Phi) is 4.49. The first kappa shape index (κ1) is 16.0. The molecule has 0 saturated carbocycles. The number of hydrogen-bond donors (Lipinski definition) is 1. The number of nitrogens with zero attached hydrogens (tertiary/aromatic N) is 2. The average Bonchev–Trinajstić information content (AvgIpc) is 2.83. The molecule has 6 heteroatoms. The molecule has 1 N–H and O–H groups in total. The SMILES string of the molecule is Cc1ncoc1-c1ccc(C(C)NC(=O)OC(C)(C)C)cn1. The summed E-state index contributed by atoms with van der Waals surface area (Å²) < 4.78 is 10.5. The maximum atomic E-state index is 11.8. The molecule has 0 bridgehead atoms. The molecule has 2 heterocycles. The third-order valence-electron chi connectivity index (χ3n) is 3.00. The predicted molar refractivity (Wildman–Crippen MR) is 82.3 cm³/mol. The maximum absolute atomic E-state index is 11.8. The molecule has 2 aromatic rings. The second-order valence-electron chi connectivity index (χ2n) is 6.11. The van der Waals surface area contributed by atoms with Crippen LogP contribution in [0.3, 0.4) is 0 Å². The lowest BCUT2D eigenvalue weighted by Crippen LogP contribution is -2.34. The highest BCUT2D eigenvalue weighted by atomic mass is 16.6. The molecule has 2 rings (SSSR count). The van der Waals surface area contributed by atoms with E-state index in [1.54, 1.807) is 6.20 Å². The molecule has 0 aromatic carbocycles. The summed E-state index contributed by atoms with van der Waals surface area (Å²) in [6.45, 7) is 9.22. The third kappa shape index (κ3) is 4.07. The van der Waals surface area contributed by atoms with E-state index in [4.69, 9.17) is 9.15 Å². The lowest BCUT2D eigenvalue weighted by atomic mass is 10.1. The van der Waals surface area contributed by atoms with Crippen molar-refractivity contribution in [3.8, 4) is 11.5 Å². The van der Waals surface area contributed by atoms with E-state index in [2.05, 4.69) is 15.3 Å². The van der Waals surface area contributed by atoms with Gasteiger partial charge in [0.25, 0.3) is 0 Å². The van der Waals surface area contributed by atoms with E-state index in [-0.39, 0.29) is 6.04 Å². The molecule has 1 unspecified atom stereocenters. The van der Waals surface area contributed by atoms with E-state index >= 15 is 0 Å². The van der Waals surface area contributed by atoms with Crippen LogP contribution < -0.4 is 5.32 Å². The van der Waals surface area contributed by atoms with E-state index in [1.807, 2.05) is 46.8 Å². The van der Waals surface area contributed by atoms with E-state index < -0.39 is 11.7 Å². The molecule has 0 spiro atoms. The van der Waals surface area contributed by atoms with Crippen molar-refractivity contribution in [1.29, 1.82) is 0 Å². The van der Waals surface area contributed by atoms with Gasteiger partial charge in [-0.15, -0.1) is 0 Å². The van der Waals surface area contributed by atoms with Crippen molar-refractivity contribution < 1.29 is 13.9 Å². The minimum absolute atomic E-state index is 0.202. The molecule has 0 aliphatic rings. The van der Waals surface area contributed by atoms with E-state index in [1.165, 1.54) is 6.39 Å². The average molecular weight is 303 g/mol. The topological polar surface area (TPSA) is 77.2 Å². The van der Waals surface area contributed by atoms with Gasteiger partial charge in [-0.2, -0.15) is 0 Å². The zero-order valence-electron chi connectivity index (χ0n) is 13.5. The number of hydrogen-bond acceptors (Lipinski definition) is 5. The second-order valence-corrected chi connectivity index (χ2v) is 6.11. The fourth-order valence-electron chi connectivity index (χ4n) is 1.91. The molecule has 118 valence electrons. The normalized spacial score (nSPS) is 12.8. The summed E-state index contributed by atoms with van der Waals surface area (Å²) in [5, 5.41) is 2.78. The minimum Gasteiger partial charge on any atom is -0.444 e. The number of alkyl carbamates (subject to hydrolysis) is 1. The molecule has 0 aliphatic carbocycles. The second kappa shape index (κ2) is 6.17. The van der Waals surface area contributed by atoms with Gasteiger partial charge in [0, 0.05) is 6.20 Å². The first-order valence-electron chi connectivity index (χ1n) is 7.12. The summed E-state index contributed by atoms with van der Waals surface area (Å²) in [6.07, 6.45) is 2.65. The first-order chi connectivity index (χ1) is 10.3. The fourth-order valence-corrected chi connectivity index (χ4v) is 1.91. The fraction of sp³-hybridized carbons (Fsp3) is 0.438. The first-order valence-corrected chi connectivity index (χ1v) is 7.12. The standard InChI is InChI=1S/C16H21N3O3/c1-10(19-15(20)22-16(3,4)5)12-6-7-13(17-8-12)14-11(2)18-9-21-14/h6-10H,1-5H3,(H,19,20). The van der Waals surface area contributed by atoms with Gasteiger partial charge in [0.05, 0.1) is 11.7 Å². The van der Waals surface area contributed by atoms with Crippen molar-refractivity contribution in [2.24, 2.45) is 0 Å². The highest BCUT2D eigenvalue weighted by Gasteiger charge is 2.18. The van der Waals surface area contributed by atoms with Gasteiger partial charge in [-0.1, -0.05) is 6.07 Å². The number of aryl methyl sites for hydroxylation is 1. The van der Waals surface area contributed by atoms with Crippen LogP contribution in [0, 0.1) is 6.92 Å². The zero-order valence-corrected chi connectivity index (χ0v) is 13.5. The van der Waals surface area contributed by atoms with Gasteiger partial charge in [-0.05, 0) is 46.2 Å². The summed E-state index contributed by atoms with van der Waals surface area (Å²) in [4.78, 5) is 20.2. The van der Waals surface area contributed by atoms with Crippen LogP contribution in [0.5, 0.6) is 0 Å². The van der Waals surface area contributed by atoms with Crippen molar-refractivity contribution in [2.75, 3.05) is 0 Å². The van der Waals surface area contributed by atoms with Crippen LogP contribution in [0.2, 0.25) is 0 Å². The molecule has 1 atom stereocenters. The molecule has 6 nitrogen and oxygen atoms in total. The molecular weight excluding hydrogens is 282 g/mol. The lowest BCUT2D eigenvalue weighted by Gasteiger charge is -2.22. The Morgan fingerprint density at radius 1 is 1.32 bits per heavy atom. The van der Waals surface area contributed by atoms with Crippen molar-refractivity contribution in [2.45, 2.75) is 46.3 Å². The molecule has 0 radical (unpaired) electrons. The van der Waals surface area contributed by atoms with E-state index in [0.29, 0.717) is 11.5 Å². The summed E-state index contributed by atoms with van der Waals surface area (Å²) in [5.41, 5.74) is 1.87. The Hall–Kier alpha value is -2.37. The number of amides is 1. The largest absolute Gasteiger partial charge is 0.444 e. The summed E-state index contributed by atoms with van der Waals surface area (Å²) in [7, 11) is 0. The monoisotopic (exact) mass is 303 g/mol. The van der Waals surface area contributed by atoms with Gasteiger partial charge in [-0.3, -0.25) is 4.98 Å².